The third kappa shape index (κ3) is 4.28. The molecule has 0 spiro atoms. The highest BCUT2D eigenvalue weighted by Gasteiger charge is 2.22. The minimum atomic E-state index is -3.71. The van der Waals surface area contributed by atoms with E-state index >= 15 is 0 Å². The van der Waals surface area contributed by atoms with E-state index in [2.05, 4.69) is 36.6 Å². The standard InChI is InChI=1S/C12H14Br2N2O2S/c1-3-4-9(7-15)16-19(17,18)12-6-10(13)8(2)5-11(12)14/h5-6,9,16H,3-4H2,1-2H3. The average molecular weight is 410 g/mol. The molecule has 0 heterocycles. The van der Waals surface area contributed by atoms with Gasteiger partial charge in [-0.15, -0.1) is 0 Å². The highest BCUT2D eigenvalue weighted by Crippen LogP contribution is 2.28. The van der Waals surface area contributed by atoms with E-state index in [1.54, 1.807) is 6.07 Å². The molecule has 0 radical (unpaired) electrons. The third-order valence-electron chi connectivity index (χ3n) is 2.53. The van der Waals surface area contributed by atoms with Gasteiger partial charge in [-0.3, -0.25) is 0 Å². The Labute approximate surface area is 130 Å². The van der Waals surface area contributed by atoms with Crippen molar-refractivity contribution in [3.63, 3.8) is 0 Å². The Morgan fingerprint density at radius 3 is 2.53 bits per heavy atom. The van der Waals surface area contributed by atoms with Crippen molar-refractivity contribution in [2.24, 2.45) is 0 Å². The molecule has 0 saturated carbocycles. The number of sulfonamides is 1. The van der Waals surface area contributed by atoms with Gasteiger partial charge in [0.05, 0.1) is 11.0 Å². The lowest BCUT2D eigenvalue weighted by molar-refractivity contribution is 0.562. The monoisotopic (exact) mass is 408 g/mol. The largest absolute Gasteiger partial charge is 0.242 e. The molecule has 1 unspecified atom stereocenters. The first-order valence-corrected chi connectivity index (χ1v) is 8.76. The molecule has 0 bridgehead atoms. The van der Waals surface area contributed by atoms with Crippen LogP contribution in [0.1, 0.15) is 25.3 Å². The number of benzene rings is 1. The summed E-state index contributed by atoms with van der Waals surface area (Å²) in [7, 11) is -3.71. The molecule has 0 aliphatic rings. The molecule has 1 atom stereocenters. The fourth-order valence-electron chi connectivity index (χ4n) is 1.52. The summed E-state index contributed by atoms with van der Waals surface area (Å²) in [4.78, 5) is 0.126. The fraction of sp³-hybridized carbons (Fsp3) is 0.417. The second-order valence-electron chi connectivity index (χ2n) is 4.12. The topological polar surface area (TPSA) is 70.0 Å². The van der Waals surface area contributed by atoms with Gasteiger partial charge in [-0.25, -0.2) is 8.42 Å². The van der Waals surface area contributed by atoms with Gasteiger partial charge in [0.15, 0.2) is 0 Å². The van der Waals surface area contributed by atoms with Gasteiger partial charge in [0.25, 0.3) is 0 Å². The summed E-state index contributed by atoms with van der Waals surface area (Å²) in [5, 5.41) is 8.94. The first-order chi connectivity index (χ1) is 8.81. The number of hydrogen-bond donors (Lipinski definition) is 1. The van der Waals surface area contributed by atoms with Crippen molar-refractivity contribution >= 4 is 41.9 Å². The zero-order chi connectivity index (χ0) is 14.6. The van der Waals surface area contributed by atoms with E-state index in [4.69, 9.17) is 5.26 Å². The maximum absolute atomic E-state index is 12.2. The Bertz CT molecular complexity index is 609. The maximum Gasteiger partial charge on any atom is 0.242 e. The van der Waals surface area contributed by atoms with Crippen LogP contribution in [0.15, 0.2) is 26.0 Å². The van der Waals surface area contributed by atoms with Crippen molar-refractivity contribution in [3.8, 4) is 6.07 Å². The number of rotatable bonds is 5. The summed E-state index contributed by atoms with van der Waals surface area (Å²) in [5.41, 5.74) is 0.927. The third-order valence-corrected chi connectivity index (χ3v) is 5.82. The van der Waals surface area contributed by atoms with Crippen LogP contribution in [0.2, 0.25) is 0 Å². The minimum absolute atomic E-state index is 0.126. The SMILES string of the molecule is CCCC(C#N)NS(=O)(=O)c1cc(Br)c(C)cc1Br. The number of halogens is 2. The quantitative estimate of drug-likeness (QED) is 0.808. The Balaban J connectivity index is 3.14. The van der Waals surface area contributed by atoms with Crippen LogP contribution >= 0.6 is 31.9 Å². The van der Waals surface area contributed by atoms with Crippen molar-refractivity contribution in [1.82, 2.24) is 4.72 Å². The van der Waals surface area contributed by atoms with Gasteiger partial charge >= 0.3 is 0 Å². The van der Waals surface area contributed by atoms with E-state index in [9.17, 15) is 8.42 Å². The molecular weight excluding hydrogens is 396 g/mol. The summed E-state index contributed by atoms with van der Waals surface area (Å²) in [6.45, 7) is 3.77. The molecule has 19 heavy (non-hydrogen) atoms. The van der Waals surface area contributed by atoms with E-state index in [-0.39, 0.29) is 4.90 Å². The molecule has 0 saturated heterocycles. The number of nitriles is 1. The van der Waals surface area contributed by atoms with Crippen LogP contribution in [-0.4, -0.2) is 14.5 Å². The molecule has 1 aromatic carbocycles. The number of hydrogen-bond acceptors (Lipinski definition) is 3. The number of nitrogens with one attached hydrogen (secondary N) is 1. The van der Waals surface area contributed by atoms with Crippen molar-refractivity contribution < 1.29 is 8.42 Å². The molecule has 0 aliphatic heterocycles. The van der Waals surface area contributed by atoms with Gasteiger partial charge < -0.3 is 0 Å². The zero-order valence-corrected chi connectivity index (χ0v) is 14.6. The van der Waals surface area contributed by atoms with E-state index in [0.717, 1.165) is 12.0 Å². The minimum Gasteiger partial charge on any atom is -0.207 e. The van der Waals surface area contributed by atoms with Gasteiger partial charge in [-0.05, 0) is 47.0 Å². The van der Waals surface area contributed by atoms with Crippen LogP contribution < -0.4 is 4.72 Å². The normalized spacial score (nSPS) is 13.0. The van der Waals surface area contributed by atoms with Gasteiger partial charge in [0.1, 0.15) is 6.04 Å². The molecule has 4 nitrogen and oxygen atoms in total. The van der Waals surface area contributed by atoms with Crippen molar-refractivity contribution in [2.75, 3.05) is 0 Å². The first-order valence-electron chi connectivity index (χ1n) is 5.69. The van der Waals surface area contributed by atoms with E-state index in [1.807, 2.05) is 19.9 Å². The first kappa shape index (κ1) is 16.6. The van der Waals surface area contributed by atoms with E-state index in [0.29, 0.717) is 15.4 Å². The Morgan fingerprint density at radius 1 is 1.37 bits per heavy atom. The number of nitrogens with zero attached hydrogens (tertiary/aromatic N) is 1. The second-order valence-corrected chi connectivity index (χ2v) is 7.51. The highest BCUT2D eigenvalue weighted by atomic mass is 79.9. The Morgan fingerprint density at radius 2 is 2.00 bits per heavy atom. The lowest BCUT2D eigenvalue weighted by atomic mass is 10.2. The van der Waals surface area contributed by atoms with Crippen molar-refractivity contribution in [3.05, 3.63) is 26.6 Å². The van der Waals surface area contributed by atoms with Crippen LogP contribution in [0.25, 0.3) is 0 Å². The molecule has 104 valence electrons. The molecule has 0 amide bonds. The molecule has 1 rings (SSSR count). The molecule has 0 aliphatic carbocycles. The fourth-order valence-corrected chi connectivity index (χ4v) is 4.38. The van der Waals surface area contributed by atoms with Crippen LogP contribution in [0, 0.1) is 18.3 Å². The summed E-state index contributed by atoms with van der Waals surface area (Å²) in [5.74, 6) is 0. The Kier molecular flexibility index (Phi) is 5.99. The van der Waals surface area contributed by atoms with Gasteiger partial charge in [-0.1, -0.05) is 29.3 Å². The summed E-state index contributed by atoms with van der Waals surface area (Å²) < 4.78 is 28.1. The van der Waals surface area contributed by atoms with Crippen LogP contribution in [0.3, 0.4) is 0 Å². The summed E-state index contributed by atoms with van der Waals surface area (Å²) in [6.07, 6.45) is 1.22. The van der Waals surface area contributed by atoms with Gasteiger partial charge in [-0.2, -0.15) is 9.98 Å². The predicted molar refractivity (Wildman–Crippen MR) is 81.2 cm³/mol. The molecule has 1 N–H and O–H groups in total. The van der Waals surface area contributed by atoms with Crippen LogP contribution in [0.4, 0.5) is 0 Å². The van der Waals surface area contributed by atoms with Crippen molar-refractivity contribution in [2.45, 2.75) is 37.6 Å². The molecule has 0 aromatic heterocycles. The van der Waals surface area contributed by atoms with Gasteiger partial charge in [0, 0.05) is 8.95 Å². The number of aryl methyl sites for hydroxylation is 1. The highest BCUT2D eigenvalue weighted by molar-refractivity contribution is 9.11. The average Bonchev–Trinajstić information content (AvgIpc) is 2.32. The van der Waals surface area contributed by atoms with Crippen molar-refractivity contribution in [1.29, 1.82) is 5.26 Å². The molecule has 0 fully saturated rings. The molecular formula is C12H14Br2N2O2S. The second kappa shape index (κ2) is 6.84. The summed E-state index contributed by atoms with van der Waals surface area (Å²) in [6, 6.07) is 4.50. The van der Waals surface area contributed by atoms with Crippen LogP contribution in [0.5, 0.6) is 0 Å². The Hall–Kier alpha value is -0.420. The smallest absolute Gasteiger partial charge is 0.207 e. The lowest BCUT2D eigenvalue weighted by Gasteiger charge is -2.13. The van der Waals surface area contributed by atoms with E-state index in [1.165, 1.54) is 6.07 Å². The molecule has 1 aromatic rings. The predicted octanol–water partition coefficient (Wildman–Crippen LogP) is 3.49. The zero-order valence-electron chi connectivity index (χ0n) is 10.6. The lowest BCUT2D eigenvalue weighted by Crippen LogP contribution is -2.33. The van der Waals surface area contributed by atoms with Crippen LogP contribution in [-0.2, 0) is 10.0 Å². The maximum atomic E-state index is 12.2. The van der Waals surface area contributed by atoms with E-state index < -0.39 is 16.1 Å². The molecule has 7 heteroatoms. The van der Waals surface area contributed by atoms with Gasteiger partial charge in [0.2, 0.25) is 10.0 Å². The summed E-state index contributed by atoms with van der Waals surface area (Å²) >= 11 is 6.55.